The van der Waals surface area contributed by atoms with Crippen molar-refractivity contribution < 1.29 is 0 Å². The zero-order valence-electron chi connectivity index (χ0n) is 13.0. The van der Waals surface area contributed by atoms with Gasteiger partial charge in [-0.2, -0.15) is 5.10 Å². The van der Waals surface area contributed by atoms with Crippen molar-refractivity contribution in [2.45, 2.75) is 45.3 Å². The van der Waals surface area contributed by atoms with Crippen molar-refractivity contribution in [3.8, 4) is 0 Å². The second-order valence-electron chi connectivity index (χ2n) is 5.73. The quantitative estimate of drug-likeness (QED) is 0.781. The molecule has 0 saturated heterocycles. The van der Waals surface area contributed by atoms with Crippen LogP contribution in [0.4, 0.5) is 0 Å². The molecule has 3 nitrogen and oxygen atoms in total. The lowest BCUT2D eigenvalue weighted by molar-refractivity contribution is 0.399. The highest BCUT2D eigenvalue weighted by Gasteiger charge is 2.24. The molecule has 21 heavy (non-hydrogen) atoms. The van der Waals surface area contributed by atoms with Gasteiger partial charge in [0.25, 0.3) is 0 Å². The molecule has 0 aliphatic carbocycles. The van der Waals surface area contributed by atoms with Crippen LogP contribution in [0.3, 0.4) is 0 Å². The van der Waals surface area contributed by atoms with Gasteiger partial charge in [-0.1, -0.05) is 37.3 Å². The number of hydrogen-bond donors (Lipinski definition) is 1. The van der Waals surface area contributed by atoms with Gasteiger partial charge < -0.3 is 5.32 Å². The first-order valence-electron chi connectivity index (χ1n) is 7.49. The minimum atomic E-state index is -0.247. The van der Waals surface area contributed by atoms with Gasteiger partial charge in [-0.25, -0.2) is 0 Å². The van der Waals surface area contributed by atoms with Crippen LogP contribution in [0.1, 0.15) is 44.5 Å². The Bertz CT molecular complexity index is 552. The smallest absolute Gasteiger partial charge is 0.0762 e. The minimum absolute atomic E-state index is 0.247. The zero-order chi connectivity index (χ0) is 15.3. The Morgan fingerprint density at radius 2 is 2.00 bits per heavy atom. The molecule has 2 aromatic rings. The first-order chi connectivity index (χ1) is 10.1. The van der Waals surface area contributed by atoms with Crippen LogP contribution in [0.5, 0.6) is 0 Å². The third-order valence-electron chi connectivity index (χ3n) is 4.04. The van der Waals surface area contributed by atoms with E-state index in [2.05, 4.69) is 49.4 Å². The summed E-state index contributed by atoms with van der Waals surface area (Å²) in [5.74, 6) is 0.517. The normalized spacial score (nSPS) is 15.6. The first-order valence-corrected chi connectivity index (χ1v) is 8.03. The number of nitrogens with one attached hydrogen (secondary N) is 1. The Morgan fingerprint density at radius 3 is 2.62 bits per heavy atom. The summed E-state index contributed by atoms with van der Waals surface area (Å²) in [5.41, 5.74) is 1.99. The molecule has 2 unspecified atom stereocenters. The maximum atomic E-state index is 6.20. The number of alkyl halides is 1. The van der Waals surface area contributed by atoms with Crippen LogP contribution in [0.25, 0.3) is 0 Å². The third kappa shape index (κ3) is 3.86. The number of nitrogens with zero attached hydrogens (tertiary/aromatic N) is 2. The molecule has 0 bridgehead atoms. The second-order valence-corrected chi connectivity index (χ2v) is 6.00. The van der Waals surface area contributed by atoms with Gasteiger partial charge in [-0.05, 0) is 31.9 Å². The van der Waals surface area contributed by atoms with Crippen molar-refractivity contribution in [2.24, 2.45) is 0 Å². The third-order valence-corrected chi connectivity index (χ3v) is 4.58. The largest absolute Gasteiger partial charge is 0.301 e. The van der Waals surface area contributed by atoms with Crippen molar-refractivity contribution in [3.63, 3.8) is 0 Å². The predicted octanol–water partition coefficient (Wildman–Crippen LogP) is 4.10. The summed E-state index contributed by atoms with van der Waals surface area (Å²) in [4.78, 5) is 0. The van der Waals surface area contributed by atoms with E-state index < -0.39 is 0 Å². The molecule has 0 radical (unpaired) electrons. The maximum Gasteiger partial charge on any atom is 0.0762 e. The molecule has 1 heterocycles. The Labute approximate surface area is 132 Å². The molecule has 4 heteroatoms. The highest BCUT2D eigenvalue weighted by Crippen LogP contribution is 2.22. The molecule has 0 spiro atoms. The Balaban J connectivity index is 2.05. The van der Waals surface area contributed by atoms with Crippen LogP contribution in [-0.2, 0) is 12.1 Å². The number of aromatic nitrogens is 2. The molecular formula is C17H24ClN3. The lowest BCUT2D eigenvalue weighted by Crippen LogP contribution is -2.40. The molecule has 0 saturated carbocycles. The highest BCUT2D eigenvalue weighted by atomic mass is 35.5. The van der Waals surface area contributed by atoms with E-state index in [0.717, 1.165) is 12.1 Å². The summed E-state index contributed by atoms with van der Waals surface area (Å²) in [6.45, 7) is 7.18. The second kappa shape index (κ2) is 7.10. The van der Waals surface area contributed by atoms with E-state index in [0.29, 0.717) is 18.5 Å². The van der Waals surface area contributed by atoms with Gasteiger partial charge in [0.2, 0.25) is 0 Å². The van der Waals surface area contributed by atoms with Crippen molar-refractivity contribution >= 4 is 11.6 Å². The van der Waals surface area contributed by atoms with E-state index in [4.69, 9.17) is 11.6 Å². The van der Waals surface area contributed by atoms with Crippen molar-refractivity contribution in [1.29, 1.82) is 0 Å². The van der Waals surface area contributed by atoms with E-state index in [9.17, 15) is 0 Å². The monoisotopic (exact) mass is 305 g/mol. The molecule has 1 aromatic carbocycles. The van der Waals surface area contributed by atoms with Crippen LogP contribution in [0, 0.1) is 0 Å². The maximum absolute atomic E-state index is 6.20. The average molecular weight is 306 g/mol. The van der Waals surface area contributed by atoms with E-state index in [1.54, 1.807) is 0 Å². The number of rotatable bonds is 7. The highest BCUT2D eigenvalue weighted by molar-refractivity contribution is 6.18. The summed E-state index contributed by atoms with van der Waals surface area (Å²) >= 11 is 6.20. The van der Waals surface area contributed by atoms with Gasteiger partial charge in [0.15, 0.2) is 0 Å². The van der Waals surface area contributed by atoms with Crippen LogP contribution in [0.15, 0.2) is 42.6 Å². The van der Waals surface area contributed by atoms with Crippen LogP contribution >= 0.6 is 11.6 Å². The van der Waals surface area contributed by atoms with Crippen molar-refractivity contribution in [2.75, 3.05) is 5.88 Å². The van der Waals surface area contributed by atoms with Crippen molar-refractivity contribution in [3.05, 3.63) is 53.9 Å². The fraction of sp³-hybridized carbons (Fsp3) is 0.471. The molecule has 2 rings (SSSR count). The molecular weight excluding hydrogens is 282 g/mol. The van der Waals surface area contributed by atoms with Gasteiger partial charge >= 0.3 is 0 Å². The van der Waals surface area contributed by atoms with Gasteiger partial charge in [0, 0.05) is 24.7 Å². The Morgan fingerprint density at radius 1 is 1.29 bits per heavy atom. The molecule has 2 atom stereocenters. The van der Waals surface area contributed by atoms with Crippen LogP contribution in [0.2, 0.25) is 0 Å². The SMILES string of the molecule is CCC(C)n1ccc(CNC(C)(CCl)c2ccccc2)n1. The van der Waals surface area contributed by atoms with Crippen LogP contribution < -0.4 is 5.32 Å². The van der Waals surface area contributed by atoms with E-state index in [1.165, 1.54) is 5.56 Å². The summed E-state index contributed by atoms with van der Waals surface area (Å²) in [6, 6.07) is 12.8. The predicted molar refractivity (Wildman–Crippen MR) is 88.6 cm³/mol. The van der Waals surface area contributed by atoms with Crippen LogP contribution in [-0.4, -0.2) is 15.7 Å². The van der Waals surface area contributed by atoms with E-state index in [1.807, 2.05) is 29.1 Å². The van der Waals surface area contributed by atoms with E-state index in [-0.39, 0.29) is 5.54 Å². The Kier molecular flexibility index (Phi) is 5.43. The van der Waals surface area contributed by atoms with Gasteiger partial charge in [0.05, 0.1) is 11.2 Å². The fourth-order valence-corrected chi connectivity index (χ4v) is 2.47. The molecule has 0 fully saturated rings. The molecule has 1 aromatic heterocycles. The minimum Gasteiger partial charge on any atom is -0.301 e. The molecule has 114 valence electrons. The lowest BCUT2D eigenvalue weighted by Gasteiger charge is -2.29. The summed E-state index contributed by atoms with van der Waals surface area (Å²) in [5, 5.41) is 8.16. The number of hydrogen-bond acceptors (Lipinski definition) is 2. The standard InChI is InChI=1S/C17H24ClN3/c1-4-14(2)21-11-10-16(20-21)12-19-17(3,13-18)15-8-6-5-7-9-15/h5-11,14,19H,4,12-13H2,1-3H3. The zero-order valence-corrected chi connectivity index (χ0v) is 13.8. The van der Waals surface area contributed by atoms with E-state index >= 15 is 0 Å². The average Bonchev–Trinajstić information content (AvgIpc) is 3.01. The lowest BCUT2D eigenvalue weighted by atomic mass is 9.94. The number of halogens is 1. The molecule has 1 N–H and O–H groups in total. The molecule has 0 aliphatic heterocycles. The van der Waals surface area contributed by atoms with Gasteiger partial charge in [-0.15, -0.1) is 11.6 Å². The molecule has 0 aliphatic rings. The topological polar surface area (TPSA) is 29.9 Å². The number of benzene rings is 1. The summed E-state index contributed by atoms with van der Waals surface area (Å²) in [7, 11) is 0. The Hall–Kier alpha value is -1.32. The van der Waals surface area contributed by atoms with Gasteiger partial charge in [0.1, 0.15) is 0 Å². The fourth-order valence-electron chi connectivity index (χ4n) is 2.22. The summed E-state index contributed by atoms with van der Waals surface area (Å²) < 4.78 is 2.03. The van der Waals surface area contributed by atoms with Gasteiger partial charge in [-0.3, -0.25) is 4.68 Å². The summed E-state index contributed by atoms with van der Waals surface area (Å²) in [6.07, 6.45) is 3.13. The molecule has 0 amide bonds. The van der Waals surface area contributed by atoms with Crippen molar-refractivity contribution in [1.82, 2.24) is 15.1 Å². The first kappa shape index (κ1) is 16.1.